The van der Waals surface area contributed by atoms with Gasteiger partial charge in [0.05, 0.1) is 6.42 Å². The lowest BCUT2D eigenvalue weighted by Crippen LogP contribution is -2.40. The van der Waals surface area contributed by atoms with Crippen molar-refractivity contribution in [3.8, 4) is 0 Å². The Labute approximate surface area is 83.9 Å². The standard InChI is InChI=1S/C10H17NO3/c1-3-11(7(2)6-9(12)13)10(14)8-4-5-8/h7-8H,3-6H2,1-2H3,(H,12,13). The third-order valence-electron chi connectivity index (χ3n) is 2.55. The first-order valence-corrected chi connectivity index (χ1v) is 5.08. The summed E-state index contributed by atoms with van der Waals surface area (Å²) in [4.78, 5) is 23.9. The van der Waals surface area contributed by atoms with Gasteiger partial charge in [0, 0.05) is 18.5 Å². The lowest BCUT2D eigenvalue weighted by molar-refractivity contribution is -0.140. The first kappa shape index (κ1) is 11.0. The van der Waals surface area contributed by atoms with Crippen LogP contribution in [0.5, 0.6) is 0 Å². The van der Waals surface area contributed by atoms with Crippen molar-refractivity contribution < 1.29 is 14.7 Å². The number of carboxylic acids is 1. The Hall–Kier alpha value is -1.06. The van der Waals surface area contributed by atoms with E-state index in [9.17, 15) is 9.59 Å². The van der Waals surface area contributed by atoms with Crippen LogP contribution in [0.1, 0.15) is 33.1 Å². The van der Waals surface area contributed by atoms with Gasteiger partial charge in [-0.05, 0) is 26.7 Å². The average molecular weight is 199 g/mol. The van der Waals surface area contributed by atoms with Crippen molar-refractivity contribution in [1.82, 2.24) is 4.90 Å². The van der Waals surface area contributed by atoms with Crippen LogP contribution in [0.3, 0.4) is 0 Å². The molecule has 1 fully saturated rings. The zero-order chi connectivity index (χ0) is 10.7. The fourth-order valence-corrected chi connectivity index (χ4v) is 1.61. The van der Waals surface area contributed by atoms with E-state index >= 15 is 0 Å². The highest BCUT2D eigenvalue weighted by Gasteiger charge is 2.34. The molecule has 4 nitrogen and oxygen atoms in total. The molecule has 0 heterocycles. The van der Waals surface area contributed by atoms with Gasteiger partial charge in [-0.2, -0.15) is 0 Å². The monoisotopic (exact) mass is 199 g/mol. The summed E-state index contributed by atoms with van der Waals surface area (Å²) in [6.07, 6.45) is 1.97. The summed E-state index contributed by atoms with van der Waals surface area (Å²) in [5, 5.41) is 8.63. The smallest absolute Gasteiger partial charge is 0.305 e. The maximum Gasteiger partial charge on any atom is 0.305 e. The van der Waals surface area contributed by atoms with Crippen molar-refractivity contribution in [2.75, 3.05) is 6.54 Å². The highest BCUT2D eigenvalue weighted by atomic mass is 16.4. The van der Waals surface area contributed by atoms with E-state index in [0.717, 1.165) is 12.8 Å². The minimum absolute atomic E-state index is 0.0340. The van der Waals surface area contributed by atoms with Gasteiger partial charge in [-0.25, -0.2) is 0 Å². The molecule has 1 aliphatic rings. The van der Waals surface area contributed by atoms with Crippen LogP contribution in [-0.2, 0) is 9.59 Å². The van der Waals surface area contributed by atoms with Crippen LogP contribution in [0.4, 0.5) is 0 Å². The van der Waals surface area contributed by atoms with Gasteiger partial charge in [0.1, 0.15) is 0 Å². The van der Waals surface area contributed by atoms with Crippen molar-refractivity contribution in [2.45, 2.75) is 39.2 Å². The zero-order valence-electron chi connectivity index (χ0n) is 8.69. The number of hydrogen-bond acceptors (Lipinski definition) is 2. The molecule has 0 aliphatic heterocycles. The van der Waals surface area contributed by atoms with Crippen molar-refractivity contribution in [3.05, 3.63) is 0 Å². The lowest BCUT2D eigenvalue weighted by atomic mass is 10.2. The molecule has 1 amide bonds. The Bertz CT molecular complexity index is 236. The molecule has 4 heteroatoms. The highest BCUT2D eigenvalue weighted by molar-refractivity contribution is 5.81. The van der Waals surface area contributed by atoms with Gasteiger partial charge < -0.3 is 10.0 Å². The van der Waals surface area contributed by atoms with Gasteiger partial charge in [-0.1, -0.05) is 0 Å². The fourth-order valence-electron chi connectivity index (χ4n) is 1.61. The van der Waals surface area contributed by atoms with Gasteiger partial charge in [-0.15, -0.1) is 0 Å². The molecule has 1 unspecified atom stereocenters. The maximum absolute atomic E-state index is 11.7. The third kappa shape index (κ3) is 2.72. The number of nitrogens with zero attached hydrogens (tertiary/aromatic N) is 1. The van der Waals surface area contributed by atoms with E-state index in [1.165, 1.54) is 0 Å². The molecular weight excluding hydrogens is 182 g/mol. The number of aliphatic carboxylic acids is 1. The lowest BCUT2D eigenvalue weighted by Gasteiger charge is -2.27. The number of rotatable bonds is 5. The van der Waals surface area contributed by atoms with E-state index in [-0.39, 0.29) is 24.3 Å². The number of amides is 1. The quantitative estimate of drug-likeness (QED) is 0.721. The van der Waals surface area contributed by atoms with Crippen LogP contribution in [0.2, 0.25) is 0 Å². The molecule has 0 bridgehead atoms. The molecule has 0 aromatic carbocycles. The van der Waals surface area contributed by atoms with Crippen molar-refractivity contribution in [2.24, 2.45) is 5.92 Å². The van der Waals surface area contributed by atoms with E-state index in [0.29, 0.717) is 6.54 Å². The summed E-state index contributed by atoms with van der Waals surface area (Å²) in [6, 6.07) is -0.189. The maximum atomic E-state index is 11.7. The molecule has 1 rings (SSSR count). The average Bonchev–Trinajstić information content (AvgIpc) is 2.85. The predicted octanol–water partition coefficient (Wildman–Crippen LogP) is 1.11. The molecule has 1 atom stereocenters. The van der Waals surface area contributed by atoms with Crippen molar-refractivity contribution in [3.63, 3.8) is 0 Å². The molecule has 80 valence electrons. The van der Waals surface area contributed by atoms with Crippen LogP contribution in [0, 0.1) is 5.92 Å². The summed E-state index contributed by atoms with van der Waals surface area (Å²) in [5.74, 6) is -0.549. The summed E-state index contributed by atoms with van der Waals surface area (Å²) >= 11 is 0. The minimum Gasteiger partial charge on any atom is -0.481 e. The molecule has 0 spiro atoms. The van der Waals surface area contributed by atoms with Crippen LogP contribution in [-0.4, -0.2) is 34.5 Å². The molecule has 0 aromatic rings. The molecule has 14 heavy (non-hydrogen) atoms. The SMILES string of the molecule is CCN(C(=O)C1CC1)C(C)CC(=O)O. The first-order chi connectivity index (χ1) is 6.56. The number of hydrogen-bond donors (Lipinski definition) is 1. The van der Waals surface area contributed by atoms with Crippen molar-refractivity contribution in [1.29, 1.82) is 0 Å². The summed E-state index contributed by atoms with van der Waals surface area (Å²) in [5.41, 5.74) is 0. The Morgan fingerprint density at radius 3 is 2.43 bits per heavy atom. The predicted molar refractivity (Wildman–Crippen MR) is 51.8 cm³/mol. The topological polar surface area (TPSA) is 57.6 Å². The number of carbonyl (C=O) groups is 2. The van der Waals surface area contributed by atoms with Crippen LogP contribution < -0.4 is 0 Å². The van der Waals surface area contributed by atoms with E-state index in [4.69, 9.17) is 5.11 Å². The zero-order valence-corrected chi connectivity index (χ0v) is 8.69. The molecule has 1 saturated carbocycles. The van der Waals surface area contributed by atoms with E-state index in [1.54, 1.807) is 11.8 Å². The Kier molecular flexibility index (Phi) is 3.49. The van der Waals surface area contributed by atoms with Crippen LogP contribution >= 0.6 is 0 Å². The summed E-state index contributed by atoms with van der Waals surface area (Å²) in [6.45, 7) is 4.28. The van der Waals surface area contributed by atoms with Crippen molar-refractivity contribution >= 4 is 11.9 Å². The number of carboxylic acid groups (broad SMARTS) is 1. The van der Waals surface area contributed by atoms with Crippen LogP contribution in [0.25, 0.3) is 0 Å². The van der Waals surface area contributed by atoms with Gasteiger partial charge >= 0.3 is 5.97 Å². The van der Waals surface area contributed by atoms with E-state index in [2.05, 4.69) is 0 Å². The Morgan fingerprint density at radius 2 is 2.07 bits per heavy atom. The highest BCUT2D eigenvalue weighted by Crippen LogP contribution is 2.31. The van der Waals surface area contributed by atoms with Gasteiger partial charge in [0.15, 0.2) is 0 Å². The molecule has 1 aliphatic carbocycles. The molecule has 0 aromatic heterocycles. The number of carbonyl (C=O) groups excluding carboxylic acids is 1. The molecular formula is C10H17NO3. The van der Waals surface area contributed by atoms with Gasteiger partial charge in [-0.3, -0.25) is 9.59 Å². The van der Waals surface area contributed by atoms with Gasteiger partial charge in [0.25, 0.3) is 0 Å². The molecule has 0 saturated heterocycles. The largest absolute Gasteiger partial charge is 0.481 e. The Balaban J connectivity index is 2.50. The normalized spacial score (nSPS) is 17.6. The second-order valence-corrected chi connectivity index (χ2v) is 3.85. The third-order valence-corrected chi connectivity index (χ3v) is 2.55. The Morgan fingerprint density at radius 1 is 1.50 bits per heavy atom. The fraction of sp³-hybridized carbons (Fsp3) is 0.800. The second-order valence-electron chi connectivity index (χ2n) is 3.85. The molecule has 1 N–H and O–H groups in total. The summed E-state index contributed by atoms with van der Waals surface area (Å²) < 4.78 is 0. The van der Waals surface area contributed by atoms with E-state index in [1.807, 2.05) is 6.92 Å². The molecule has 0 radical (unpaired) electrons. The summed E-state index contributed by atoms with van der Waals surface area (Å²) in [7, 11) is 0. The van der Waals surface area contributed by atoms with Crippen LogP contribution in [0.15, 0.2) is 0 Å². The first-order valence-electron chi connectivity index (χ1n) is 5.08. The van der Waals surface area contributed by atoms with E-state index < -0.39 is 5.97 Å². The minimum atomic E-state index is -0.848. The second kappa shape index (κ2) is 4.44. The van der Waals surface area contributed by atoms with Gasteiger partial charge in [0.2, 0.25) is 5.91 Å².